The number of unbranched alkanes of at least 4 members (excludes halogenated alkanes) is 11. The van der Waals surface area contributed by atoms with Gasteiger partial charge in [0.05, 0.1) is 11.5 Å². The molecule has 0 aromatic carbocycles. The van der Waals surface area contributed by atoms with Crippen LogP contribution in [0.15, 0.2) is 0 Å². The van der Waals surface area contributed by atoms with E-state index in [-0.39, 0.29) is 11.5 Å². The van der Waals surface area contributed by atoms with Crippen LogP contribution in [0.3, 0.4) is 0 Å². The SMILES string of the molecule is CCCCCCCCN(CCCCN(CCCCCCCC)CCS(=O)(=O)O)CCS(=O)(=O)O. The third-order valence-electron chi connectivity index (χ3n) is 6.19. The lowest BCUT2D eigenvalue weighted by Gasteiger charge is -2.24. The smallest absolute Gasteiger partial charge is 0.266 e. The van der Waals surface area contributed by atoms with Crippen molar-refractivity contribution in [1.82, 2.24) is 9.80 Å². The zero-order valence-corrected chi connectivity index (χ0v) is 23.4. The summed E-state index contributed by atoms with van der Waals surface area (Å²) in [5, 5.41) is 0. The van der Waals surface area contributed by atoms with Crippen LogP contribution < -0.4 is 0 Å². The van der Waals surface area contributed by atoms with E-state index in [9.17, 15) is 16.8 Å². The van der Waals surface area contributed by atoms with Crippen LogP contribution in [0.5, 0.6) is 0 Å². The minimum atomic E-state index is -3.98. The van der Waals surface area contributed by atoms with Crippen LogP contribution in [-0.4, -0.2) is 86.5 Å². The van der Waals surface area contributed by atoms with Crippen molar-refractivity contribution in [3.63, 3.8) is 0 Å². The molecule has 0 rings (SSSR count). The Labute approximate surface area is 210 Å². The molecular weight excluding hydrogens is 476 g/mol. The van der Waals surface area contributed by atoms with Crippen molar-refractivity contribution in [2.45, 2.75) is 104 Å². The van der Waals surface area contributed by atoms with Crippen LogP contribution in [0.4, 0.5) is 0 Å². The second-order valence-electron chi connectivity index (χ2n) is 9.50. The van der Waals surface area contributed by atoms with Crippen molar-refractivity contribution < 1.29 is 25.9 Å². The van der Waals surface area contributed by atoms with Gasteiger partial charge >= 0.3 is 0 Å². The van der Waals surface area contributed by atoms with Crippen molar-refractivity contribution in [3.8, 4) is 0 Å². The summed E-state index contributed by atoms with van der Waals surface area (Å²) in [7, 11) is -7.95. The highest BCUT2D eigenvalue weighted by molar-refractivity contribution is 7.86. The van der Waals surface area contributed by atoms with E-state index in [2.05, 4.69) is 23.6 Å². The van der Waals surface area contributed by atoms with Gasteiger partial charge < -0.3 is 9.80 Å². The molecule has 8 nitrogen and oxygen atoms in total. The Bertz CT molecular complexity index is 613. The van der Waals surface area contributed by atoms with Gasteiger partial charge in [-0.1, -0.05) is 78.1 Å². The largest absolute Gasteiger partial charge is 0.302 e. The monoisotopic (exact) mass is 528 g/mol. The van der Waals surface area contributed by atoms with Gasteiger partial charge in [-0.25, -0.2) is 0 Å². The molecule has 0 aromatic rings. The lowest BCUT2D eigenvalue weighted by atomic mass is 10.1. The van der Waals surface area contributed by atoms with E-state index in [0.29, 0.717) is 13.1 Å². The Morgan fingerprint density at radius 2 is 0.706 bits per heavy atom. The Kier molecular flexibility index (Phi) is 20.7. The molecule has 0 aliphatic carbocycles. The highest BCUT2D eigenvalue weighted by Gasteiger charge is 2.13. The number of nitrogens with zero attached hydrogens (tertiary/aromatic N) is 2. The first-order valence-electron chi connectivity index (χ1n) is 13.4. The molecule has 0 radical (unpaired) electrons. The lowest BCUT2D eigenvalue weighted by molar-refractivity contribution is 0.246. The third-order valence-corrected chi connectivity index (χ3v) is 7.58. The maximum absolute atomic E-state index is 11.2. The Morgan fingerprint density at radius 3 is 1.00 bits per heavy atom. The molecule has 0 fully saturated rings. The molecule has 0 amide bonds. The Morgan fingerprint density at radius 1 is 0.441 bits per heavy atom. The molecular formula is C24H52N2O6S2. The van der Waals surface area contributed by atoms with Crippen molar-refractivity contribution in [2.75, 3.05) is 50.8 Å². The van der Waals surface area contributed by atoms with Crippen LogP contribution in [0.25, 0.3) is 0 Å². The molecule has 0 bridgehead atoms. The summed E-state index contributed by atoms with van der Waals surface area (Å²) < 4.78 is 63.0. The molecule has 34 heavy (non-hydrogen) atoms. The molecule has 0 atom stereocenters. The minimum Gasteiger partial charge on any atom is -0.302 e. The summed E-state index contributed by atoms with van der Waals surface area (Å²) >= 11 is 0. The fraction of sp³-hybridized carbons (Fsp3) is 1.00. The van der Waals surface area contributed by atoms with E-state index in [4.69, 9.17) is 9.11 Å². The Hall–Kier alpha value is -0.260. The molecule has 0 saturated carbocycles. The second kappa shape index (κ2) is 20.9. The van der Waals surface area contributed by atoms with Crippen molar-refractivity contribution in [3.05, 3.63) is 0 Å². The first-order chi connectivity index (χ1) is 16.1. The van der Waals surface area contributed by atoms with Gasteiger partial charge in [0, 0.05) is 13.1 Å². The summed E-state index contributed by atoms with van der Waals surface area (Å²) in [6.45, 7) is 8.21. The topological polar surface area (TPSA) is 115 Å². The van der Waals surface area contributed by atoms with E-state index in [1.807, 2.05) is 0 Å². The van der Waals surface area contributed by atoms with Gasteiger partial charge in [-0.15, -0.1) is 0 Å². The molecule has 0 spiro atoms. The summed E-state index contributed by atoms with van der Waals surface area (Å²) in [6.07, 6.45) is 15.8. The maximum Gasteiger partial charge on any atom is 0.266 e. The predicted octanol–water partition coefficient (Wildman–Crippen LogP) is 4.87. The molecule has 10 heteroatoms. The normalized spacial score (nSPS) is 12.8. The van der Waals surface area contributed by atoms with Gasteiger partial charge in [0.25, 0.3) is 20.2 Å². The van der Waals surface area contributed by atoms with Crippen molar-refractivity contribution in [2.24, 2.45) is 0 Å². The van der Waals surface area contributed by atoms with Gasteiger partial charge in [0.15, 0.2) is 0 Å². The zero-order chi connectivity index (χ0) is 25.7. The molecule has 2 N–H and O–H groups in total. The van der Waals surface area contributed by atoms with E-state index >= 15 is 0 Å². The highest BCUT2D eigenvalue weighted by Crippen LogP contribution is 2.09. The summed E-state index contributed by atoms with van der Waals surface area (Å²) in [4.78, 5) is 4.23. The number of hydrogen-bond donors (Lipinski definition) is 2. The summed E-state index contributed by atoms with van der Waals surface area (Å²) in [6, 6.07) is 0. The highest BCUT2D eigenvalue weighted by atomic mass is 32.2. The van der Waals surface area contributed by atoms with Crippen molar-refractivity contribution >= 4 is 20.2 Å². The van der Waals surface area contributed by atoms with Gasteiger partial charge in [0.1, 0.15) is 0 Å². The zero-order valence-electron chi connectivity index (χ0n) is 21.8. The molecule has 0 aliphatic rings. The average Bonchev–Trinajstić information content (AvgIpc) is 2.75. The standard InChI is InChI=1S/C24H52N2O6S2/c1-3-5-7-9-11-13-17-25(21-23-33(27,28)29)19-15-16-20-26(22-24-34(30,31)32)18-14-12-10-8-6-4-2/h3-24H2,1-2H3,(H,27,28,29)(H,30,31,32). The second-order valence-corrected chi connectivity index (χ2v) is 12.6. The van der Waals surface area contributed by atoms with E-state index in [1.165, 1.54) is 51.4 Å². The maximum atomic E-state index is 11.2. The lowest BCUT2D eigenvalue weighted by Crippen LogP contribution is -2.33. The summed E-state index contributed by atoms with van der Waals surface area (Å²) in [5.74, 6) is -0.497. The first-order valence-corrected chi connectivity index (χ1v) is 16.6. The third kappa shape index (κ3) is 24.9. The van der Waals surface area contributed by atoms with E-state index in [1.54, 1.807) is 0 Å². The Balaban J connectivity index is 4.46. The van der Waals surface area contributed by atoms with E-state index < -0.39 is 20.2 Å². The van der Waals surface area contributed by atoms with E-state index in [0.717, 1.165) is 64.7 Å². The van der Waals surface area contributed by atoms with Crippen LogP contribution >= 0.6 is 0 Å². The van der Waals surface area contributed by atoms with Gasteiger partial charge in [-0.05, 0) is 51.9 Å². The van der Waals surface area contributed by atoms with Crippen LogP contribution in [0, 0.1) is 0 Å². The van der Waals surface area contributed by atoms with Gasteiger partial charge in [-0.3, -0.25) is 9.11 Å². The molecule has 0 aromatic heterocycles. The molecule has 206 valence electrons. The fourth-order valence-electron chi connectivity index (χ4n) is 4.06. The minimum absolute atomic E-state index is 0.249. The summed E-state index contributed by atoms with van der Waals surface area (Å²) in [5.41, 5.74) is 0. The number of hydrogen-bond acceptors (Lipinski definition) is 6. The first kappa shape index (κ1) is 33.7. The number of rotatable bonds is 25. The molecule has 0 unspecified atom stereocenters. The van der Waals surface area contributed by atoms with Crippen LogP contribution in [0.1, 0.15) is 104 Å². The molecule has 0 saturated heterocycles. The molecule has 0 aliphatic heterocycles. The fourth-order valence-corrected chi connectivity index (χ4v) is 5.04. The van der Waals surface area contributed by atoms with Crippen LogP contribution in [0.2, 0.25) is 0 Å². The van der Waals surface area contributed by atoms with Gasteiger partial charge in [-0.2, -0.15) is 16.8 Å². The predicted molar refractivity (Wildman–Crippen MR) is 142 cm³/mol. The van der Waals surface area contributed by atoms with Crippen molar-refractivity contribution in [1.29, 1.82) is 0 Å². The molecule has 0 heterocycles. The average molecular weight is 529 g/mol. The van der Waals surface area contributed by atoms with Gasteiger partial charge in [0.2, 0.25) is 0 Å². The van der Waals surface area contributed by atoms with Crippen LogP contribution in [-0.2, 0) is 20.2 Å². The quantitative estimate of drug-likeness (QED) is 0.127.